The molecule has 3 nitrogen and oxygen atoms in total. The molecule has 3 N–H and O–H groups in total. The van der Waals surface area contributed by atoms with E-state index in [1.807, 2.05) is 36.4 Å². The number of nitrogens with zero attached hydrogens (tertiary/aromatic N) is 1. The maximum Gasteiger partial charge on any atom is 0.0958 e. The molecule has 0 amide bonds. The van der Waals surface area contributed by atoms with Crippen LogP contribution in [0, 0.1) is 0 Å². The number of hydrogen-bond acceptors (Lipinski definition) is 3. The molecule has 0 saturated carbocycles. The molecule has 3 rings (SSSR count). The molecule has 2 aromatic carbocycles. The van der Waals surface area contributed by atoms with Gasteiger partial charge in [-0.2, -0.15) is 0 Å². The number of benzene rings is 2. The van der Waals surface area contributed by atoms with Crippen molar-refractivity contribution in [3.05, 3.63) is 56.0 Å². The highest BCUT2D eigenvalue weighted by molar-refractivity contribution is 9.11. The monoisotopic (exact) mass is 469 g/mol. The van der Waals surface area contributed by atoms with Crippen molar-refractivity contribution < 1.29 is 0 Å². The van der Waals surface area contributed by atoms with E-state index in [2.05, 4.69) is 58.1 Å². The molecule has 0 unspecified atom stereocenters. The number of pyridine rings is 1. The Morgan fingerprint density at radius 3 is 2.52 bits per heavy atom. The SMILES string of the molecule is Nc1ccc(Nc2cc(Br)ccc2Br)c2ncc(Br)cc12. The second-order valence-corrected chi connectivity index (χ2v) is 7.19. The second kappa shape index (κ2) is 5.94. The van der Waals surface area contributed by atoms with E-state index in [0.717, 1.165) is 35.7 Å². The maximum atomic E-state index is 6.04. The minimum absolute atomic E-state index is 0.706. The van der Waals surface area contributed by atoms with Crippen LogP contribution in [0.2, 0.25) is 0 Å². The van der Waals surface area contributed by atoms with Crippen molar-refractivity contribution in [3.63, 3.8) is 0 Å². The van der Waals surface area contributed by atoms with Crippen LogP contribution in [-0.2, 0) is 0 Å². The molecule has 0 atom stereocenters. The first-order chi connectivity index (χ1) is 10.0. The molecule has 0 spiro atoms. The lowest BCUT2D eigenvalue weighted by atomic mass is 10.1. The number of aromatic nitrogens is 1. The highest BCUT2D eigenvalue weighted by atomic mass is 79.9. The summed E-state index contributed by atoms with van der Waals surface area (Å²) in [5.74, 6) is 0. The van der Waals surface area contributed by atoms with E-state index in [1.165, 1.54) is 0 Å². The molecular formula is C15H10Br3N3. The predicted molar refractivity (Wildman–Crippen MR) is 99.0 cm³/mol. The third kappa shape index (κ3) is 3.07. The van der Waals surface area contributed by atoms with Gasteiger partial charge in [0.25, 0.3) is 0 Å². The van der Waals surface area contributed by atoms with Gasteiger partial charge in [-0.25, -0.2) is 0 Å². The fraction of sp³-hybridized carbons (Fsp3) is 0. The van der Waals surface area contributed by atoms with Crippen LogP contribution in [0.25, 0.3) is 10.9 Å². The van der Waals surface area contributed by atoms with Crippen LogP contribution >= 0.6 is 47.8 Å². The molecular weight excluding hydrogens is 462 g/mol. The summed E-state index contributed by atoms with van der Waals surface area (Å²) in [5, 5.41) is 4.31. The zero-order chi connectivity index (χ0) is 15.0. The zero-order valence-electron chi connectivity index (χ0n) is 10.7. The molecule has 0 saturated heterocycles. The number of nitrogens with two attached hydrogens (primary N) is 1. The number of anilines is 3. The lowest BCUT2D eigenvalue weighted by Crippen LogP contribution is -1.96. The first kappa shape index (κ1) is 14.8. The molecule has 0 fully saturated rings. The number of fused-ring (bicyclic) bond motifs is 1. The largest absolute Gasteiger partial charge is 0.398 e. The Labute approximate surface area is 147 Å². The maximum absolute atomic E-state index is 6.04. The molecule has 0 radical (unpaired) electrons. The molecule has 0 aliphatic rings. The van der Waals surface area contributed by atoms with E-state index in [0.29, 0.717) is 5.69 Å². The van der Waals surface area contributed by atoms with Gasteiger partial charge in [0.05, 0.1) is 16.9 Å². The van der Waals surface area contributed by atoms with Crippen LogP contribution in [0.15, 0.2) is 56.0 Å². The third-order valence-corrected chi connectivity index (χ3v) is 4.67. The zero-order valence-corrected chi connectivity index (χ0v) is 15.5. The number of nitrogens with one attached hydrogen (secondary N) is 1. The summed E-state index contributed by atoms with van der Waals surface area (Å²) in [6.45, 7) is 0. The second-order valence-electron chi connectivity index (χ2n) is 4.50. The summed E-state index contributed by atoms with van der Waals surface area (Å²) >= 11 is 10.4. The molecule has 6 heteroatoms. The van der Waals surface area contributed by atoms with E-state index >= 15 is 0 Å². The van der Waals surface area contributed by atoms with Crippen molar-refractivity contribution in [3.8, 4) is 0 Å². The smallest absolute Gasteiger partial charge is 0.0958 e. The Bertz CT molecular complexity index is 834. The van der Waals surface area contributed by atoms with Crippen LogP contribution in [0.1, 0.15) is 0 Å². The molecule has 21 heavy (non-hydrogen) atoms. The highest BCUT2D eigenvalue weighted by Gasteiger charge is 2.08. The fourth-order valence-corrected chi connectivity index (χ4v) is 3.09. The van der Waals surface area contributed by atoms with Crippen LogP contribution in [0.4, 0.5) is 17.1 Å². The van der Waals surface area contributed by atoms with E-state index in [-0.39, 0.29) is 0 Å². The predicted octanol–water partition coefficient (Wildman–Crippen LogP) is 5.85. The quantitative estimate of drug-likeness (QED) is 0.461. The lowest BCUT2D eigenvalue weighted by Gasteiger charge is -2.12. The van der Waals surface area contributed by atoms with Gasteiger partial charge in [-0.3, -0.25) is 4.98 Å². The van der Waals surface area contributed by atoms with Crippen molar-refractivity contribution in [1.82, 2.24) is 4.98 Å². The lowest BCUT2D eigenvalue weighted by molar-refractivity contribution is 1.38. The number of nitrogen functional groups attached to an aromatic ring is 1. The minimum atomic E-state index is 0.706. The Balaban J connectivity index is 2.13. The molecule has 3 aromatic rings. The normalized spacial score (nSPS) is 10.8. The van der Waals surface area contributed by atoms with Gasteiger partial charge in [0.1, 0.15) is 0 Å². The Morgan fingerprint density at radius 1 is 0.905 bits per heavy atom. The van der Waals surface area contributed by atoms with Crippen molar-refractivity contribution in [2.45, 2.75) is 0 Å². The van der Waals surface area contributed by atoms with Gasteiger partial charge < -0.3 is 11.1 Å². The van der Waals surface area contributed by atoms with Gasteiger partial charge in [-0.15, -0.1) is 0 Å². The van der Waals surface area contributed by atoms with Crippen molar-refractivity contribution in [1.29, 1.82) is 0 Å². The molecule has 1 aromatic heterocycles. The van der Waals surface area contributed by atoms with Gasteiger partial charge in [-0.05, 0) is 68.3 Å². The van der Waals surface area contributed by atoms with Crippen molar-refractivity contribution in [2.75, 3.05) is 11.1 Å². The molecule has 0 aliphatic heterocycles. The first-order valence-corrected chi connectivity index (χ1v) is 8.48. The Morgan fingerprint density at radius 2 is 1.71 bits per heavy atom. The van der Waals surface area contributed by atoms with Crippen LogP contribution in [-0.4, -0.2) is 4.98 Å². The number of halogens is 3. The van der Waals surface area contributed by atoms with Gasteiger partial charge in [0.2, 0.25) is 0 Å². The van der Waals surface area contributed by atoms with Crippen LogP contribution < -0.4 is 11.1 Å². The minimum Gasteiger partial charge on any atom is -0.398 e. The van der Waals surface area contributed by atoms with Gasteiger partial charge in [-0.1, -0.05) is 15.9 Å². The van der Waals surface area contributed by atoms with Crippen molar-refractivity contribution in [2.24, 2.45) is 0 Å². The topological polar surface area (TPSA) is 50.9 Å². The van der Waals surface area contributed by atoms with Gasteiger partial charge >= 0.3 is 0 Å². The summed E-state index contributed by atoms with van der Waals surface area (Å²) in [4.78, 5) is 4.47. The van der Waals surface area contributed by atoms with Gasteiger partial charge in [0, 0.05) is 30.7 Å². The third-order valence-electron chi connectivity index (χ3n) is 3.05. The average Bonchev–Trinajstić information content (AvgIpc) is 2.46. The Kier molecular flexibility index (Phi) is 4.19. The summed E-state index contributed by atoms with van der Waals surface area (Å²) in [6, 6.07) is 11.8. The van der Waals surface area contributed by atoms with E-state index in [1.54, 1.807) is 6.20 Å². The molecule has 0 aliphatic carbocycles. The molecule has 106 valence electrons. The summed E-state index contributed by atoms with van der Waals surface area (Å²) in [7, 11) is 0. The number of hydrogen-bond donors (Lipinski definition) is 2. The summed E-state index contributed by atoms with van der Waals surface area (Å²) in [5.41, 5.74) is 9.45. The average molecular weight is 472 g/mol. The van der Waals surface area contributed by atoms with E-state index < -0.39 is 0 Å². The van der Waals surface area contributed by atoms with Crippen LogP contribution in [0.5, 0.6) is 0 Å². The standard InChI is InChI=1S/C15H10Br3N3/c16-8-1-2-11(18)14(6-8)21-13-4-3-12(19)10-5-9(17)7-20-15(10)13/h1-7,21H,19H2. The summed E-state index contributed by atoms with van der Waals surface area (Å²) < 4.78 is 2.89. The van der Waals surface area contributed by atoms with Crippen molar-refractivity contribution >= 4 is 75.8 Å². The Hall–Kier alpha value is -1.11. The fourth-order valence-electron chi connectivity index (χ4n) is 2.06. The van der Waals surface area contributed by atoms with Crippen LogP contribution in [0.3, 0.4) is 0 Å². The highest BCUT2D eigenvalue weighted by Crippen LogP contribution is 2.34. The van der Waals surface area contributed by atoms with Gasteiger partial charge in [0.15, 0.2) is 0 Å². The molecule has 1 heterocycles. The molecule has 0 bridgehead atoms. The first-order valence-electron chi connectivity index (χ1n) is 6.10. The summed E-state index contributed by atoms with van der Waals surface area (Å²) in [6.07, 6.45) is 1.77. The number of rotatable bonds is 2. The van der Waals surface area contributed by atoms with E-state index in [4.69, 9.17) is 5.73 Å². The van der Waals surface area contributed by atoms with E-state index in [9.17, 15) is 0 Å².